The van der Waals surface area contributed by atoms with Gasteiger partial charge in [-0.15, -0.1) is 13.2 Å². The van der Waals surface area contributed by atoms with Crippen molar-refractivity contribution in [2.24, 2.45) is 5.73 Å². The zero-order valence-corrected chi connectivity index (χ0v) is 9.01. The summed E-state index contributed by atoms with van der Waals surface area (Å²) in [5, 5.41) is 8.52. The molecule has 0 radical (unpaired) electrons. The third-order valence-corrected chi connectivity index (χ3v) is 2.04. The number of nitriles is 1. The molecule has 92 valence electrons. The summed E-state index contributed by atoms with van der Waals surface area (Å²) in [5.41, 5.74) is 6.33. The van der Waals surface area contributed by atoms with Crippen LogP contribution in [0.15, 0.2) is 6.07 Å². The highest BCUT2D eigenvalue weighted by Gasteiger charge is 2.33. The molecule has 1 aromatic rings. The second kappa shape index (κ2) is 5.01. The Labute approximate surface area is 95.8 Å². The second-order valence-corrected chi connectivity index (χ2v) is 3.30. The topological polar surface area (TPSA) is 71.9 Å². The van der Waals surface area contributed by atoms with Crippen LogP contribution in [0, 0.1) is 18.3 Å². The van der Waals surface area contributed by atoms with Crippen molar-refractivity contribution in [1.82, 2.24) is 4.98 Å². The van der Waals surface area contributed by atoms with Gasteiger partial charge in [-0.25, -0.2) is 4.98 Å². The van der Waals surface area contributed by atoms with Crippen LogP contribution in [0.2, 0.25) is 0 Å². The molecule has 1 heterocycles. The zero-order valence-electron chi connectivity index (χ0n) is 9.01. The maximum atomic E-state index is 12.1. The van der Waals surface area contributed by atoms with E-state index in [-0.39, 0.29) is 24.2 Å². The van der Waals surface area contributed by atoms with Gasteiger partial charge in [-0.2, -0.15) is 5.26 Å². The van der Waals surface area contributed by atoms with Gasteiger partial charge in [-0.05, 0) is 18.6 Å². The summed E-state index contributed by atoms with van der Waals surface area (Å²) in [5.74, 6) is -0.587. The summed E-state index contributed by atoms with van der Waals surface area (Å²) in [6.07, 6.45) is -4.90. The van der Waals surface area contributed by atoms with E-state index in [4.69, 9.17) is 11.0 Å². The molecule has 1 rings (SSSR count). The molecule has 0 saturated carbocycles. The molecule has 0 amide bonds. The Kier molecular flexibility index (Phi) is 3.91. The van der Waals surface area contributed by atoms with Crippen LogP contribution in [-0.2, 0) is 13.0 Å². The number of nitrogens with zero attached hydrogens (tertiary/aromatic N) is 2. The predicted molar refractivity (Wildman–Crippen MR) is 52.9 cm³/mol. The van der Waals surface area contributed by atoms with E-state index in [2.05, 4.69) is 9.72 Å². The SMILES string of the molecule is Cc1cc(CN)c(OC(F)(F)F)nc1CC#N. The number of ether oxygens (including phenoxy) is 1. The molecule has 17 heavy (non-hydrogen) atoms. The highest BCUT2D eigenvalue weighted by molar-refractivity contribution is 5.34. The Hall–Kier alpha value is -1.81. The lowest BCUT2D eigenvalue weighted by molar-refractivity contribution is -0.276. The standard InChI is InChI=1S/C10H10F3N3O/c1-6-4-7(5-15)9(17-10(11,12)13)16-8(6)2-3-14/h4H,2,5,15H2,1H3. The Balaban J connectivity index is 3.18. The first-order valence-electron chi connectivity index (χ1n) is 4.69. The number of alkyl halides is 3. The minimum atomic E-state index is -4.82. The van der Waals surface area contributed by atoms with Crippen molar-refractivity contribution >= 4 is 0 Å². The van der Waals surface area contributed by atoms with Crippen molar-refractivity contribution in [2.45, 2.75) is 26.3 Å². The fourth-order valence-corrected chi connectivity index (χ4v) is 1.29. The quantitative estimate of drug-likeness (QED) is 0.881. The summed E-state index contributed by atoms with van der Waals surface area (Å²) in [7, 11) is 0. The smallest absolute Gasteiger partial charge is 0.388 e. The molecule has 0 bridgehead atoms. The maximum absolute atomic E-state index is 12.1. The molecule has 0 aliphatic heterocycles. The van der Waals surface area contributed by atoms with Crippen LogP contribution in [-0.4, -0.2) is 11.3 Å². The summed E-state index contributed by atoms with van der Waals surface area (Å²) in [6, 6.07) is 3.27. The highest BCUT2D eigenvalue weighted by atomic mass is 19.4. The van der Waals surface area contributed by atoms with Crippen molar-refractivity contribution in [3.8, 4) is 11.9 Å². The monoisotopic (exact) mass is 245 g/mol. The fourth-order valence-electron chi connectivity index (χ4n) is 1.29. The zero-order chi connectivity index (χ0) is 13.1. The number of halogens is 3. The van der Waals surface area contributed by atoms with Crippen LogP contribution < -0.4 is 10.5 Å². The van der Waals surface area contributed by atoms with E-state index in [1.54, 1.807) is 6.92 Å². The number of pyridine rings is 1. The molecule has 0 aliphatic rings. The summed E-state index contributed by atoms with van der Waals surface area (Å²) in [4.78, 5) is 3.67. The third-order valence-electron chi connectivity index (χ3n) is 2.04. The third kappa shape index (κ3) is 3.60. The molecule has 0 aromatic carbocycles. The molecule has 1 aromatic heterocycles. The minimum absolute atomic E-state index is 0.0785. The molecule has 4 nitrogen and oxygen atoms in total. The van der Waals surface area contributed by atoms with Crippen LogP contribution in [0.5, 0.6) is 5.88 Å². The van der Waals surface area contributed by atoms with Crippen LogP contribution >= 0.6 is 0 Å². The lowest BCUT2D eigenvalue weighted by atomic mass is 10.1. The van der Waals surface area contributed by atoms with Crippen LogP contribution in [0.1, 0.15) is 16.8 Å². The van der Waals surface area contributed by atoms with E-state index < -0.39 is 12.2 Å². The Morgan fingerprint density at radius 3 is 2.65 bits per heavy atom. The predicted octanol–water partition coefficient (Wildman–Crippen LogP) is 1.81. The molecule has 0 unspecified atom stereocenters. The van der Waals surface area contributed by atoms with Crippen molar-refractivity contribution in [3.05, 3.63) is 22.9 Å². The first kappa shape index (κ1) is 13.3. The van der Waals surface area contributed by atoms with E-state index >= 15 is 0 Å². The minimum Gasteiger partial charge on any atom is -0.388 e. The second-order valence-electron chi connectivity index (χ2n) is 3.30. The number of aromatic nitrogens is 1. The van der Waals surface area contributed by atoms with Gasteiger partial charge in [0.1, 0.15) is 0 Å². The number of rotatable bonds is 3. The maximum Gasteiger partial charge on any atom is 0.574 e. The average molecular weight is 245 g/mol. The first-order chi connectivity index (χ1) is 7.87. The highest BCUT2D eigenvalue weighted by Crippen LogP contribution is 2.26. The van der Waals surface area contributed by atoms with Gasteiger partial charge in [0.25, 0.3) is 0 Å². The van der Waals surface area contributed by atoms with E-state index in [9.17, 15) is 13.2 Å². The molecule has 2 N–H and O–H groups in total. The van der Waals surface area contributed by atoms with Gasteiger partial charge in [0.15, 0.2) is 0 Å². The Morgan fingerprint density at radius 2 is 2.18 bits per heavy atom. The number of nitrogens with two attached hydrogens (primary N) is 1. The Morgan fingerprint density at radius 1 is 1.53 bits per heavy atom. The van der Waals surface area contributed by atoms with Crippen molar-refractivity contribution in [1.29, 1.82) is 5.26 Å². The van der Waals surface area contributed by atoms with Gasteiger partial charge in [-0.3, -0.25) is 0 Å². The van der Waals surface area contributed by atoms with Gasteiger partial charge in [0, 0.05) is 12.1 Å². The normalized spacial score (nSPS) is 11.1. The first-order valence-corrected chi connectivity index (χ1v) is 4.69. The van der Waals surface area contributed by atoms with Gasteiger partial charge >= 0.3 is 6.36 Å². The summed E-state index contributed by atoms with van der Waals surface area (Å²) < 4.78 is 40.1. The van der Waals surface area contributed by atoms with E-state index in [1.165, 1.54) is 6.07 Å². The summed E-state index contributed by atoms with van der Waals surface area (Å²) >= 11 is 0. The molecule has 0 atom stereocenters. The average Bonchev–Trinajstić information content (AvgIpc) is 2.20. The molecule has 0 fully saturated rings. The summed E-state index contributed by atoms with van der Waals surface area (Å²) in [6.45, 7) is 1.53. The van der Waals surface area contributed by atoms with Crippen molar-refractivity contribution in [2.75, 3.05) is 0 Å². The van der Waals surface area contributed by atoms with Crippen molar-refractivity contribution in [3.63, 3.8) is 0 Å². The Bertz CT molecular complexity index is 451. The van der Waals surface area contributed by atoms with E-state index in [0.717, 1.165) is 0 Å². The van der Waals surface area contributed by atoms with Crippen molar-refractivity contribution < 1.29 is 17.9 Å². The lowest BCUT2D eigenvalue weighted by Crippen LogP contribution is -2.20. The molecule has 0 spiro atoms. The van der Waals surface area contributed by atoms with Crippen LogP contribution in [0.4, 0.5) is 13.2 Å². The fraction of sp³-hybridized carbons (Fsp3) is 0.400. The van der Waals surface area contributed by atoms with Gasteiger partial charge in [0.2, 0.25) is 5.88 Å². The van der Waals surface area contributed by atoms with Gasteiger partial charge < -0.3 is 10.5 Å². The molecule has 7 heteroatoms. The van der Waals surface area contributed by atoms with Crippen LogP contribution in [0.25, 0.3) is 0 Å². The molecular formula is C10H10F3N3O. The van der Waals surface area contributed by atoms with Gasteiger partial charge in [0.05, 0.1) is 18.2 Å². The molecule has 0 aliphatic carbocycles. The van der Waals surface area contributed by atoms with E-state index in [1.807, 2.05) is 6.07 Å². The number of hydrogen-bond acceptors (Lipinski definition) is 4. The number of hydrogen-bond donors (Lipinski definition) is 1. The van der Waals surface area contributed by atoms with Crippen LogP contribution in [0.3, 0.4) is 0 Å². The van der Waals surface area contributed by atoms with E-state index in [0.29, 0.717) is 5.56 Å². The van der Waals surface area contributed by atoms with Gasteiger partial charge in [-0.1, -0.05) is 0 Å². The largest absolute Gasteiger partial charge is 0.574 e. The number of aryl methyl sites for hydroxylation is 1. The molecular weight excluding hydrogens is 235 g/mol. The lowest BCUT2D eigenvalue weighted by Gasteiger charge is -2.13. The molecule has 0 saturated heterocycles.